The maximum Gasteiger partial charge on any atom is 0.439 e. The van der Waals surface area contributed by atoms with Gasteiger partial charge in [0.15, 0.2) is 5.78 Å². The highest BCUT2D eigenvalue weighted by Crippen LogP contribution is 2.27. The van der Waals surface area contributed by atoms with Gasteiger partial charge in [-0.15, -0.1) is 0 Å². The van der Waals surface area contributed by atoms with E-state index in [1.54, 1.807) is 6.08 Å². The molecular formula is C20H21N3O5. The van der Waals surface area contributed by atoms with Crippen molar-refractivity contribution in [3.8, 4) is 5.75 Å². The molecule has 0 saturated heterocycles. The average molecular weight is 383 g/mol. The maximum absolute atomic E-state index is 12.2. The van der Waals surface area contributed by atoms with Crippen LogP contribution < -0.4 is 10.5 Å². The molecule has 8 heteroatoms. The molecule has 1 aliphatic heterocycles. The molecule has 1 aliphatic rings. The summed E-state index contributed by atoms with van der Waals surface area (Å²) in [6.45, 7) is 7.74. The Morgan fingerprint density at radius 3 is 2.50 bits per heavy atom. The number of nitrogens with one attached hydrogen (secondary N) is 1. The molecule has 28 heavy (non-hydrogen) atoms. The second-order valence-corrected chi connectivity index (χ2v) is 7.04. The van der Waals surface area contributed by atoms with Crippen molar-refractivity contribution in [3.05, 3.63) is 56.8 Å². The molecule has 3 rings (SSSR count). The van der Waals surface area contributed by atoms with Crippen molar-refractivity contribution in [2.45, 2.75) is 34.1 Å². The van der Waals surface area contributed by atoms with E-state index in [1.807, 2.05) is 39.8 Å². The number of dihydropyridines is 1. The van der Waals surface area contributed by atoms with Crippen molar-refractivity contribution in [2.75, 3.05) is 6.54 Å². The average Bonchev–Trinajstić information content (AvgIpc) is 3.06. The normalized spacial score (nSPS) is 14.1. The van der Waals surface area contributed by atoms with E-state index in [-0.39, 0.29) is 36.3 Å². The van der Waals surface area contributed by atoms with Crippen LogP contribution in [0.2, 0.25) is 0 Å². The molecular weight excluding hydrogens is 362 g/mol. The molecule has 1 aromatic heterocycles. The van der Waals surface area contributed by atoms with Gasteiger partial charge >= 0.3 is 5.76 Å². The number of ketones is 2. The SMILES string of the molecule is Cc1cc(CC(=O)c2noc(=O)[nH]2)cc(C)c1OC1=NCC(=O)C(C(C)C)=C1. The van der Waals surface area contributed by atoms with E-state index in [1.165, 1.54) is 0 Å². The first kappa shape index (κ1) is 19.5. The van der Waals surface area contributed by atoms with Crippen molar-refractivity contribution in [3.63, 3.8) is 0 Å². The molecule has 0 aliphatic carbocycles. The summed E-state index contributed by atoms with van der Waals surface area (Å²) in [4.78, 5) is 41.6. The number of benzene rings is 1. The Hall–Kier alpha value is -3.29. The second kappa shape index (κ2) is 7.75. The summed E-state index contributed by atoms with van der Waals surface area (Å²) in [5.74, 6) is -0.0704. The van der Waals surface area contributed by atoms with Gasteiger partial charge in [0, 0.05) is 18.1 Å². The van der Waals surface area contributed by atoms with E-state index in [9.17, 15) is 14.4 Å². The van der Waals surface area contributed by atoms with Crippen molar-refractivity contribution in [1.82, 2.24) is 10.1 Å². The van der Waals surface area contributed by atoms with Crippen molar-refractivity contribution >= 4 is 17.5 Å². The molecule has 0 unspecified atom stereocenters. The number of rotatable bonds is 5. The lowest BCUT2D eigenvalue weighted by atomic mass is 9.97. The summed E-state index contributed by atoms with van der Waals surface area (Å²) in [6, 6.07) is 3.67. The highest BCUT2D eigenvalue weighted by atomic mass is 16.5. The van der Waals surface area contributed by atoms with Gasteiger partial charge in [-0.2, -0.15) is 0 Å². The van der Waals surface area contributed by atoms with Crippen LogP contribution in [0.3, 0.4) is 0 Å². The molecule has 0 fully saturated rings. The molecule has 0 amide bonds. The Labute approximate surface area is 161 Å². The molecule has 2 heterocycles. The van der Waals surface area contributed by atoms with Gasteiger partial charge in [0.25, 0.3) is 0 Å². The number of Topliss-reactive ketones (excluding diaryl/α,β-unsaturated/α-hetero) is 2. The number of H-pyrrole nitrogens is 1. The Morgan fingerprint density at radius 1 is 1.25 bits per heavy atom. The zero-order chi connectivity index (χ0) is 20.4. The molecule has 0 saturated carbocycles. The minimum Gasteiger partial charge on any atom is -0.439 e. The van der Waals surface area contributed by atoms with Gasteiger partial charge in [0.2, 0.25) is 17.5 Å². The van der Waals surface area contributed by atoms with Crippen LogP contribution in [0.5, 0.6) is 5.75 Å². The summed E-state index contributed by atoms with van der Waals surface area (Å²) < 4.78 is 10.3. The second-order valence-electron chi connectivity index (χ2n) is 7.04. The molecule has 8 nitrogen and oxygen atoms in total. The van der Waals surface area contributed by atoms with E-state index in [2.05, 4.69) is 19.7 Å². The van der Waals surface area contributed by atoms with Crippen molar-refractivity contribution in [2.24, 2.45) is 10.9 Å². The maximum atomic E-state index is 12.2. The van der Waals surface area contributed by atoms with Crippen LogP contribution in [0.25, 0.3) is 0 Å². The molecule has 0 bridgehead atoms. The third-order valence-electron chi connectivity index (χ3n) is 4.40. The quantitative estimate of drug-likeness (QED) is 0.793. The number of carbonyl (C=O) groups excluding carboxylic acids is 2. The smallest absolute Gasteiger partial charge is 0.439 e. The summed E-state index contributed by atoms with van der Waals surface area (Å²) in [7, 11) is 0. The van der Waals surface area contributed by atoms with Crippen molar-refractivity contribution in [1.29, 1.82) is 0 Å². The van der Waals surface area contributed by atoms with E-state index in [0.29, 0.717) is 17.2 Å². The fourth-order valence-electron chi connectivity index (χ4n) is 3.08. The lowest BCUT2D eigenvalue weighted by Gasteiger charge is -2.18. The van der Waals surface area contributed by atoms with Crippen LogP contribution in [0.1, 0.15) is 41.2 Å². The molecule has 0 atom stereocenters. The lowest BCUT2D eigenvalue weighted by molar-refractivity contribution is -0.114. The fourth-order valence-corrected chi connectivity index (χ4v) is 3.08. The Balaban J connectivity index is 1.80. The fraction of sp³-hybridized carbons (Fsp3) is 0.350. The van der Waals surface area contributed by atoms with Gasteiger partial charge < -0.3 is 4.74 Å². The highest BCUT2D eigenvalue weighted by molar-refractivity contribution is 6.08. The van der Waals surface area contributed by atoms with E-state index in [4.69, 9.17) is 4.74 Å². The molecule has 2 aromatic rings. The number of carbonyl (C=O) groups is 2. The topological polar surface area (TPSA) is 115 Å². The van der Waals surface area contributed by atoms with Crippen LogP contribution >= 0.6 is 0 Å². The highest BCUT2D eigenvalue weighted by Gasteiger charge is 2.20. The summed E-state index contributed by atoms with van der Waals surface area (Å²) in [6.07, 6.45) is 1.75. The first-order chi connectivity index (χ1) is 13.2. The van der Waals surface area contributed by atoms with Gasteiger partial charge in [0.05, 0.1) is 0 Å². The number of hydrogen-bond acceptors (Lipinski definition) is 7. The van der Waals surface area contributed by atoms with E-state index in [0.717, 1.165) is 16.7 Å². The Kier molecular flexibility index (Phi) is 5.39. The number of ether oxygens (including phenoxy) is 1. The standard InChI is InChI=1S/C20H21N3O5/c1-10(2)14-8-17(21-9-16(14)25)27-18-11(3)5-13(6-12(18)4)7-15(24)19-22-20(26)28-23-19/h5-6,8,10H,7,9H2,1-4H3,(H,22,23,26). The van der Waals surface area contributed by atoms with Crippen molar-refractivity contribution < 1.29 is 18.8 Å². The van der Waals surface area contributed by atoms with Crippen LogP contribution in [0, 0.1) is 19.8 Å². The third kappa shape index (κ3) is 4.16. The monoisotopic (exact) mass is 383 g/mol. The number of hydrogen-bond donors (Lipinski definition) is 1. The number of nitrogens with zero attached hydrogens (tertiary/aromatic N) is 2. The first-order valence-corrected chi connectivity index (χ1v) is 8.91. The van der Waals surface area contributed by atoms with Gasteiger partial charge in [-0.25, -0.2) is 9.79 Å². The number of aryl methyl sites for hydroxylation is 2. The molecule has 0 spiro atoms. The largest absolute Gasteiger partial charge is 0.439 e. The van der Waals surface area contributed by atoms with Crippen LogP contribution in [-0.2, 0) is 11.2 Å². The minimum absolute atomic E-state index is 0.00977. The van der Waals surface area contributed by atoms with Crippen LogP contribution in [-0.4, -0.2) is 34.1 Å². The third-order valence-corrected chi connectivity index (χ3v) is 4.40. The van der Waals surface area contributed by atoms with E-state index >= 15 is 0 Å². The molecule has 146 valence electrons. The summed E-state index contributed by atoms with van der Waals surface area (Å²) >= 11 is 0. The summed E-state index contributed by atoms with van der Waals surface area (Å²) in [5, 5.41) is 3.41. The zero-order valence-electron chi connectivity index (χ0n) is 16.2. The first-order valence-electron chi connectivity index (χ1n) is 8.91. The lowest BCUT2D eigenvalue weighted by Crippen LogP contribution is -2.22. The van der Waals surface area contributed by atoms with Gasteiger partial charge in [-0.3, -0.25) is 19.1 Å². The predicted molar refractivity (Wildman–Crippen MR) is 102 cm³/mol. The molecule has 1 N–H and O–H groups in total. The zero-order valence-corrected chi connectivity index (χ0v) is 16.2. The van der Waals surface area contributed by atoms with Gasteiger partial charge in [0.1, 0.15) is 12.3 Å². The Morgan fingerprint density at radius 2 is 1.93 bits per heavy atom. The van der Waals surface area contributed by atoms with Crippen LogP contribution in [0.15, 0.2) is 38.1 Å². The number of aromatic amines is 1. The number of aromatic nitrogens is 2. The predicted octanol–water partition coefficient (Wildman–Crippen LogP) is 2.35. The molecule has 0 radical (unpaired) electrons. The minimum atomic E-state index is -0.764. The summed E-state index contributed by atoms with van der Waals surface area (Å²) in [5.41, 5.74) is 3.12. The van der Waals surface area contributed by atoms with Gasteiger partial charge in [-0.05, 0) is 36.5 Å². The van der Waals surface area contributed by atoms with E-state index < -0.39 is 5.76 Å². The van der Waals surface area contributed by atoms with Gasteiger partial charge in [-0.1, -0.05) is 31.1 Å². The molecule has 1 aromatic carbocycles. The Bertz CT molecular complexity index is 1030. The van der Waals surface area contributed by atoms with Crippen LogP contribution in [0.4, 0.5) is 0 Å². The number of aliphatic imine (C=N–C) groups is 1.